The number of aliphatic carboxylic acids is 1. The Morgan fingerprint density at radius 1 is 1.30 bits per heavy atom. The fraction of sp³-hybridized carbons (Fsp3) is 0.250. The van der Waals surface area contributed by atoms with Crippen molar-refractivity contribution in [1.82, 2.24) is 15.3 Å². The van der Waals surface area contributed by atoms with Crippen LogP contribution in [0.25, 0.3) is 0 Å². The summed E-state index contributed by atoms with van der Waals surface area (Å²) in [6, 6.07) is 6.89. The summed E-state index contributed by atoms with van der Waals surface area (Å²) in [5.74, 6) is -0.255. The molecule has 0 unspecified atom stereocenters. The van der Waals surface area contributed by atoms with Crippen molar-refractivity contribution in [3.8, 4) is 5.75 Å². The van der Waals surface area contributed by atoms with Gasteiger partial charge in [0, 0.05) is 12.7 Å². The summed E-state index contributed by atoms with van der Waals surface area (Å²) in [5, 5.41) is 11.4. The zero-order chi connectivity index (χ0) is 16.8. The van der Waals surface area contributed by atoms with Crippen molar-refractivity contribution in [2.24, 2.45) is 0 Å². The first-order chi connectivity index (χ1) is 11.0. The molecule has 7 heteroatoms. The van der Waals surface area contributed by atoms with Gasteiger partial charge in [0.1, 0.15) is 11.6 Å². The fourth-order valence-corrected chi connectivity index (χ4v) is 1.97. The third-order valence-corrected chi connectivity index (χ3v) is 3.06. The third kappa shape index (κ3) is 4.77. The lowest BCUT2D eigenvalue weighted by Gasteiger charge is -2.09. The van der Waals surface area contributed by atoms with Crippen LogP contribution in [0, 0.1) is 13.8 Å². The van der Waals surface area contributed by atoms with Crippen LogP contribution < -0.4 is 10.1 Å². The molecule has 1 heterocycles. The van der Waals surface area contributed by atoms with E-state index in [1.165, 1.54) is 6.20 Å². The molecule has 0 spiro atoms. The van der Waals surface area contributed by atoms with Gasteiger partial charge in [0.15, 0.2) is 6.61 Å². The first-order valence-corrected chi connectivity index (χ1v) is 6.97. The quantitative estimate of drug-likeness (QED) is 0.837. The van der Waals surface area contributed by atoms with Crippen LogP contribution in [0.3, 0.4) is 0 Å². The summed E-state index contributed by atoms with van der Waals surface area (Å²) < 4.78 is 5.10. The van der Waals surface area contributed by atoms with Gasteiger partial charge in [-0.25, -0.2) is 14.8 Å². The number of ether oxygens (including phenoxy) is 1. The molecular formula is C16H17N3O4. The molecule has 2 N–H and O–H groups in total. The van der Waals surface area contributed by atoms with Gasteiger partial charge < -0.3 is 15.2 Å². The van der Waals surface area contributed by atoms with Gasteiger partial charge in [-0.2, -0.15) is 0 Å². The second-order valence-corrected chi connectivity index (χ2v) is 4.93. The first-order valence-electron chi connectivity index (χ1n) is 6.97. The molecule has 0 bridgehead atoms. The van der Waals surface area contributed by atoms with E-state index >= 15 is 0 Å². The minimum Gasteiger partial charge on any atom is -0.482 e. The highest BCUT2D eigenvalue weighted by molar-refractivity contribution is 5.94. The molecule has 7 nitrogen and oxygen atoms in total. The summed E-state index contributed by atoms with van der Waals surface area (Å²) in [6.07, 6.45) is 1.50. The number of carbonyl (C=O) groups is 2. The number of hydrogen-bond donors (Lipinski definition) is 2. The van der Waals surface area contributed by atoms with Crippen LogP contribution >= 0.6 is 0 Å². The van der Waals surface area contributed by atoms with Crippen molar-refractivity contribution >= 4 is 11.9 Å². The summed E-state index contributed by atoms with van der Waals surface area (Å²) >= 11 is 0. The van der Waals surface area contributed by atoms with E-state index in [2.05, 4.69) is 15.3 Å². The third-order valence-electron chi connectivity index (χ3n) is 3.06. The Hall–Kier alpha value is -2.96. The van der Waals surface area contributed by atoms with Gasteiger partial charge in [-0.15, -0.1) is 0 Å². The average molecular weight is 315 g/mol. The minimum atomic E-state index is -1.04. The lowest BCUT2D eigenvalue weighted by atomic mass is 10.2. The van der Waals surface area contributed by atoms with Crippen LogP contribution in [0.2, 0.25) is 0 Å². The van der Waals surface area contributed by atoms with Crippen molar-refractivity contribution in [3.63, 3.8) is 0 Å². The summed E-state index contributed by atoms with van der Waals surface area (Å²) in [4.78, 5) is 30.8. The molecule has 23 heavy (non-hydrogen) atoms. The highest BCUT2D eigenvalue weighted by Crippen LogP contribution is 2.13. The van der Waals surface area contributed by atoms with E-state index in [-0.39, 0.29) is 12.5 Å². The number of carbonyl (C=O) groups excluding carboxylic acids is 1. The molecule has 0 aliphatic heterocycles. The van der Waals surface area contributed by atoms with Gasteiger partial charge in [0.05, 0.1) is 11.3 Å². The monoisotopic (exact) mass is 315 g/mol. The average Bonchev–Trinajstić information content (AvgIpc) is 2.51. The van der Waals surface area contributed by atoms with E-state index in [0.29, 0.717) is 22.8 Å². The Labute approximate surface area is 133 Å². The molecule has 2 aromatic rings. The Balaban J connectivity index is 1.98. The maximum absolute atomic E-state index is 12.2. The smallest absolute Gasteiger partial charge is 0.341 e. The molecular weight excluding hydrogens is 298 g/mol. The number of hydrogen-bond acceptors (Lipinski definition) is 5. The first kappa shape index (κ1) is 16.4. The summed E-state index contributed by atoms with van der Waals surface area (Å²) in [6.45, 7) is 3.40. The number of nitrogens with one attached hydrogen (secondary N) is 1. The molecule has 2 rings (SSSR count). The number of aromatic nitrogens is 2. The van der Waals surface area contributed by atoms with Crippen molar-refractivity contribution in [1.29, 1.82) is 0 Å². The van der Waals surface area contributed by atoms with E-state index in [0.717, 1.165) is 5.56 Å². The molecule has 0 aliphatic carbocycles. The molecule has 120 valence electrons. The van der Waals surface area contributed by atoms with Crippen LogP contribution in [0.1, 0.15) is 27.4 Å². The van der Waals surface area contributed by atoms with E-state index < -0.39 is 12.6 Å². The second-order valence-electron chi connectivity index (χ2n) is 4.93. The van der Waals surface area contributed by atoms with E-state index in [1.54, 1.807) is 32.0 Å². The topological polar surface area (TPSA) is 101 Å². The predicted molar refractivity (Wildman–Crippen MR) is 82.2 cm³/mol. The molecule has 1 aromatic carbocycles. The second kappa shape index (κ2) is 7.35. The number of carboxylic acid groups (broad SMARTS) is 1. The highest BCUT2D eigenvalue weighted by Gasteiger charge is 2.10. The van der Waals surface area contributed by atoms with Crippen LogP contribution in [-0.2, 0) is 11.3 Å². The van der Waals surface area contributed by atoms with Crippen molar-refractivity contribution in [2.45, 2.75) is 20.4 Å². The highest BCUT2D eigenvalue weighted by atomic mass is 16.5. The van der Waals surface area contributed by atoms with Gasteiger partial charge in [0.2, 0.25) is 0 Å². The molecule has 0 atom stereocenters. The lowest BCUT2D eigenvalue weighted by Crippen LogP contribution is -2.24. The summed E-state index contributed by atoms with van der Waals surface area (Å²) in [7, 11) is 0. The van der Waals surface area contributed by atoms with Gasteiger partial charge >= 0.3 is 5.97 Å². The number of carboxylic acids is 1. The Kier molecular flexibility index (Phi) is 5.24. The Bertz CT molecular complexity index is 731. The van der Waals surface area contributed by atoms with Crippen LogP contribution in [0.4, 0.5) is 0 Å². The zero-order valence-corrected chi connectivity index (χ0v) is 12.9. The van der Waals surface area contributed by atoms with Crippen LogP contribution in [0.15, 0.2) is 30.5 Å². The molecule has 1 aromatic heterocycles. The predicted octanol–water partition coefficient (Wildman–Crippen LogP) is 1.49. The zero-order valence-electron chi connectivity index (χ0n) is 12.9. The molecule has 0 aliphatic rings. The summed E-state index contributed by atoms with van der Waals surface area (Å²) in [5.41, 5.74) is 1.84. The van der Waals surface area contributed by atoms with Crippen LogP contribution in [0.5, 0.6) is 5.75 Å². The van der Waals surface area contributed by atoms with Gasteiger partial charge in [-0.3, -0.25) is 4.79 Å². The fourth-order valence-electron chi connectivity index (χ4n) is 1.97. The minimum absolute atomic E-state index is 0.264. The maximum Gasteiger partial charge on any atom is 0.341 e. The number of benzene rings is 1. The van der Waals surface area contributed by atoms with Crippen molar-refractivity contribution < 1.29 is 19.4 Å². The number of amides is 1. The number of rotatable bonds is 6. The molecule has 0 fully saturated rings. The molecule has 0 saturated carbocycles. The van der Waals surface area contributed by atoms with Gasteiger partial charge in [0.25, 0.3) is 5.91 Å². The Morgan fingerprint density at radius 3 is 2.78 bits per heavy atom. The van der Waals surface area contributed by atoms with Gasteiger partial charge in [-0.05, 0) is 31.5 Å². The van der Waals surface area contributed by atoms with E-state index in [4.69, 9.17) is 9.84 Å². The van der Waals surface area contributed by atoms with E-state index in [1.807, 2.05) is 6.07 Å². The SMILES string of the molecule is Cc1ncc(C(=O)NCc2cccc(OCC(=O)O)c2)c(C)n1. The number of aryl methyl sites for hydroxylation is 2. The van der Waals surface area contributed by atoms with Crippen LogP contribution in [-0.4, -0.2) is 33.6 Å². The maximum atomic E-state index is 12.2. The van der Waals surface area contributed by atoms with Crippen molar-refractivity contribution in [2.75, 3.05) is 6.61 Å². The van der Waals surface area contributed by atoms with Gasteiger partial charge in [-0.1, -0.05) is 12.1 Å². The molecule has 0 radical (unpaired) electrons. The molecule has 0 saturated heterocycles. The number of nitrogens with zero attached hydrogens (tertiary/aromatic N) is 2. The normalized spacial score (nSPS) is 10.2. The van der Waals surface area contributed by atoms with E-state index in [9.17, 15) is 9.59 Å². The largest absolute Gasteiger partial charge is 0.482 e. The van der Waals surface area contributed by atoms with Crippen molar-refractivity contribution in [3.05, 3.63) is 53.1 Å². The Morgan fingerprint density at radius 2 is 2.09 bits per heavy atom. The lowest BCUT2D eigenvalue weighted by molar-refractivity contribution is -0.139. The standard InChI is InChI=1S/C16H17N3O4/c1-10-14(8-17-11(2)19-10)16(22)18-7-12-4-3-5-13(6-12)23-9-15(20)21/h3-6,8H,7,9H2,1-2H3,(H,18,22)(H,20,21). The molecule has 1 amide bonds.